The van der Waals surface area contributed by atoms with Crippen LogP contribution in [-0.2, 0) is 13.0 Å². The number of aryl methyl sites for hydroxylation is 1. The summed E-state index contributed by atoms with van der Waals surface area (Å²) in [6.45, 7) is 2.64. The molecular weight excluding hydrogens is 254 g/mol. The molecule has 0 radical (unpaired) electrons. The Kier molecular flexibility index (Phi) is 5.28. The van der Waals surface area contributed by atoms with Gasteiger partial charge in [-0.15, -0.1) is 0 Å². The van der Waals surface area contributed by atoms with Gasteiger partial charge in [0.05, 0.1) is 5.38 Å². The Balaban J connectivity index is 1.92. The van der Waals surface area contributed by atoms with E-state index in [9.17, 15) is 4.79 Å². The maximum absolute atomic E-state index is 12.1. The molecule has 0 atom stereocenters. The van der Waals surface area contributed by atoms with Crippen LogP contribution in [0.5, 0.6) is 0 Å². The van der Waals surface area contributed by atoms with Crippen LogP contribution in [-0.4, -0.2) is 5.78 Å². The van der Waals surface area contributed by atoms with Gasteiger partial charge in [0.2, 0.25) is 17.8 Å². The fraction of sp³-hybridized carbons (Fsp3) is 0.375. The highest BCUT2D eigenvalue weighted by Crippen LogP contribution is 2.09. The number of hydrogen-bond donors (Lipinski definition) is 0. The first-order valence-corrected chi connectivity index (χ1v) is 7.77. The molecule has 0 unspecified atom stereocenters. The second-order valence-corrected chi connectivity index (χ2v) is 5.53. The van der Waals surface area contributed by atoms with E-state index in [0.717, 1.165) is 12.0 Å². The second-order valence-electron chi connectivity index (χ2n) is 4.78. The van der Waals surface area contributed by atoms with E-state index in [1.54, 1.807) is 11.3 Å². The van der Waals surface area contributed by atoms with E-state index in [2.05, 4.69) is 19.1 Å². The number of thiazole rings is 1. The third-order valence-electron chi connectivity index (χ3n) is 3.20. The van der Waals surface area contributed by atoms with Crippen LogP contribution in [0.3, 0.4) is 0 Å². The van der Waals surface area contributed by atoms with Gasteiger partial charge in [-0.25, -0.2) is 0 Å². The lowest BCUT2D eigenvalue weighted by Gasteiger charge is -2.02. The summed E-state index contributed by atoms with van der Waals surface area (Å²) in [5, 5.41) is 1.98. The van der Waals surface area contributed by atoms with Crippen molar-refractivity contribution in [3.8, 4) is 0 Å². The highest BCUT2D eigenvalue weighted by atomic mass is 32.1. The first kappa shape index (κ1) is 13.9. The molecule has 2 aromatic rings. The van der Waals surface area contributed by atoms with Crippen LogP contribution < -0.4 is 4.57 Å². The lowest BCUT2D eigenvalue weighted by atomic mass is 10.0. The molecule has 1 aromatic carbocycles. The molecule has 19 heavy (non-hydrogen) atoms. The molecule has 0 aliphatic heterocycles. The average molecular weight is 274 g/mol. The van der Waals surface area contributed by atoms with Crippen LogP contribution in [0, 0.1) is 0 Å². The minimum absolute atomic E-state index is 0.170. The van der Waals surface area contributed by atoms with Crippen molar-refractivity contribution in [1.29, 1.82) is 0 Å². The molecular formula is C16H20NOS+. The zero-order valence-corrected chi connectivity index (χ0v) is 12.2. The van der Waals surface area contributed by atoms with Crippen molar-refractivity contribution in [2.45, 2.75) is 39.2 Å². The van der Waals surface area contributed by atoms with Crippen LogP contribution in [0.2, 0.25) is 0 Å². The van der Waals surface area contributed by atoms with Gasteiger partial charge in [0.15, 0.2) is 6.20 Å². The maximum atomic E-state index is 12.1. The summed E-state index contributed by atoms with van der Waals surface area (Å²) >= 11 is 1.60. The topological polar surface area (TPSA) is 20.9 Å². The smallest absolute Gasteiger partial charge is 0.227 e. The predicted octanol–water partition coefficient (Wildman–Crippen LogP) is 3.65. The summed E-state index contributed by atoms with van der Waals surface area (Å²) < 4.78 is 1.92. The van der Waals surface area contributed by atoms with E-state index >= 15 is 0 Å². The molecule has 0 fully saturated rings. The molecule has 0 amide bonds. The van der Waals surface area contributed by atoms with Crippen LogP contribution in [0.1, 0.15) is 42.1 Å². The zero-order chi connectivity index (χ0) is 13.5. The quantitative estimate of drug-likeness (QED) is 0.429. The zero-order valence-electron chi connectivity index (χ0n) is 11.3. The van der Waals surface area contributed by atoms with Gasteiger partial charge in [0, 0.05) is 5.56 Å². The van der Waals surface area contributed by atoms with Gasteiger partial charge in [-0.1, -0.05) is 55.4 Å². The summed E-state index contributed by atoms with van der Waals surface area (Å²) in [6.07, 6.45) is 6.79. The van der Waals surface area contributed by atoms with Gasteiger partial charge < -0.3 is 0 Å². The van der Waals surface area contributed by atoms with Gasteiger partial charge in [-0.2, -0.15) is 4.57 Å². The number of carbonyl (C=O) groups excluding carboxylic acids is 1. The summed E-state index contributed by atoms with van der Waals surface area (Å²) in [6, 6.07) is 8.08. The van der Waals surface area contributed by atoms with Crippen molar-refractivity contribution < 1.29 is 9.36 Å². The highest BCUT2D eigenvalue weighted by Gasteiger charge is 2.11. The van der Waals surface area contributed by atoms with Gasteiger partial charge in [-0.3, -0.25) is 4.79 Å². The Morgan fingerprint density at radius 2 is 2.00 bits per heavy atom. The van der Waals surface area contributed by atoms with Gasteiger partial charge >= 0.3 is 0 Å². The molecule has 2 nitrogen and oxygen atoms in total. The molecule has 2 rings (SSSR count). The Hall–Kier alpha value is -1.48. The van der Waals surface area contributed by atoms with Crippen LogP contribution in [0.15, 0.2) is 41.4 Å². The molecule has 0 aliphatic carbocycles. The Morgan fingerprint density at radius 1 is 1.21 bits per heavy atom. The molecule has 1 aromatic heterocycles. The fourth-order valence-electron chi connectivity index (χ4n) is 2.05. The number of benzene rings is 1. The minimum atomic E-state index is 0.170. The second kappa shape index (κ2) is 7.19. The van der Waals surface area contributed by atoms with E-state index < -0.39 is 0 Å². The van der Waals surface area contributed by atoms with Crippen molar-refractivity contribution in [3.63, 3.8) is 0 Å². The molecule has 1 heterocycles. The average Bonchev–Trinajstić information content (AvgIpc) is 2.93. The number of unbranched alkanes of at least 4 members (excludes halogenated alkanes) is 2. The lowest BCUT2D eigenvalue weighted by Crippen LogP contribution is -2.34. The van der Waals surface area contributed by atoms with Crippen molar-refractivity contribution in [3.05, 3.63) is 52.5 Å². The Morgan fingerprint density at radius 3 is 2.63 bits per heavy atom. The largest absolute Gasteiger partial charge is 0.287 e. The molecule has 0 aliphatic rings. The normalized spacial score (nSPS) is 10.6. The third-order valence-corrected chi connectivity index (χ3v) is 3.87. The van der Waals surface area contributed by atoms with Crippen molar-refractivity contribution in [2.24, 2.45) is 0 Å². The van der Waals surface area contributed by atoms with Crippen molar-refractivity contribution in [1.82, 2.24) is 0 Å². The molecule has 0 saturated carbocycles. The standard InChI is InChI=1S/C16H20NOS/c1-2-3-4-5-14-6-8-15(9-7-14)16(18)12-17-10-11-19-13-17/h6-11,13H,2-5,12H2,1H3/q+1. The summed E-state index contributed by atoms with van der Waals surface area (Å²) in [5.74, 6) is 0.170. The fourth-order valence-corrected chi connectivity index (χ4v) is 2.64. The number of rotatable bonds is 7. The number of carbonyl (C=O) groups is 1. The van der Waals surface area contributed by atoms with E-state index in [4.69, 9.17) is 0 Å². The lowest BCUT2D eigenvalue weighted by molar-refractivity contribution is -0.678. The number of nitrogens with zero attached hydrogens (tertiary/aromatic N) is 1. The third kappa shape index (κ3) is 4.28. The first-order valence-electron chi connectivity index (χ1n) is 6.83. The van der Waals surface area contributed by atoms with Crippen LogP contribution in [0.25, 0.3) is 0 Å². The highest BCUT2D eigenvalue weighted by molar-refractivity contribution is 7.07. The van der Waals surface area contributed by atoms with E-state index in [1.807, 2.05) is 33.8 Å². The minimum Gasteiger partial charge on any atom is -0.287 e. The van der Waals surface area contributed by atoms with Crippen LogP contribution >= 0.6 is 11.3 Å². The number of aromatic nitrogens is 1. The maximum Gasteiger partial charge on any atom is 0.227 e. The van der Waals surface area contributed by atoms with E-state index in [1.165, 1.54) is 24.8 Å². The van der Waals surface area contributed by atoms with Gasteiger partial charge in [-0.05, 0) is 18.4 Å². The van der Waals surface area contributed by atoms with E-state index in [0.29, 0.717) is 6.54 Å². The SMILES string of the molecule is CCCCCc1ccc(C(=O)C[n+]2ccsc2)cc1. The van der Waals surface area contributed by atoms with E-state index in [-0.39, 0.29) is 5.78 Å². The van der Waals surface area contributed by atoms with Gasteiger partial charge in [0.25, 0.3) is 0 Å². The summed E-state index contributed by atoms with van der Waals surface area (Å²) in [4.78, 5) is 12.1. The Labute approximate surface area is 118 Å². The Bertz CT molecular complexity index is 502. The summed E-state index contributed by atoms with van der Waals surface area (Å²) in [5.41, 5.74) is 4.09. The first-order chi connectivity index (χ1) is 9.29. The number of hydrogen-bond acceptors (Lipinski definition) is 2. The molecule has 0 spiro atoms. The number of Topliss-reactive ketones (excluding diaryl/α,β-unsaturated/α-hetero) is 1. The van der Waals surface area contributed by atoms with Gasteiger partial charge in [0.1, 0.15) is 0 Å². The molecule has 0 bridgehead atoms. The monoisotopic (exact) mass is 274 g/mol. The predicted molar refractivity (Wildman–Crippen MR) is 78.5 cm³/mol. The molecule has 0 saturated heterocycles. The van der Waals surface area contributed by atoms with Crippen molar-refractivity contribution in [2.75, 3.05) is 0 Å². The molecule has 0 N–H and O–H groups in total. The number of ketones is 1. The molecule has 3 heteroatoms. The van der Waals surface area contributed by atoms with Crippen LogP contribution in [0.4, 0.5) is 0 Å². The summed E-state index contributed by atoms with van der Waals surface area (Å²) in [7, 11) is 0. The molecule has 100 valence electrons. The van der Waals surface area contributed by atoms with Crippen molar-refractivity contribution >= 4 is 17.1 Å².